The molecule has 1 rings (SSSR count). The molecule has 0 bridgehead atoms. The Kier molecular flexibility index (Phi) is 3.42. The zero-order valence-corrected chi connectivity index (χ0v) is 11.3. The molecule has 0 saturated carbocycles. The van der Waals surface area contributed by atoms with Gasteiger partial charge in [-0.3, -0.25) is 0 Å². The van der Waals surface area contributed by atoms with Crippen LogP contribution in [0.15, 0.2) is 9.81 Å². The lowest BCUT2D eigenvalue weighted by molar-refractivity contribution is 0.516. The van der Waals surface area contributed by atoms with Crippen molar-refractivity contribution < 1.29 is 0 Å². The third-order valence-electron chi connectivity index (χ3n) is 2.43. The van der Waals surface area contributed by atoms with E-state index >= 15 is 0 Å². The lowest BCUT2D eigenvalue weighted by Gasteiger charge is -2.26. The minimum atomic E-state index is 0.179. The molecule has 0 aromatic rings. The fourth-order valence-electron chi connectivity index (χ4n) is 1.34. The highest BCUT2D eigenvalue weighted by molar-refractivity contribution is 7.99. The quantitative estimate of drug-likeness (QED) is 0.600. The van der Waals surface area contributed by atoms with Gasteiger partial charge in [-0.15, -0.1) is 25.3 Å². The summed E-state index contributed by atoms with van der Waals surface area (Å²) in [4.78, 5) is 2.32. The maximum Gasteiger partial charge on any atom is 0.00522 e. The topological polar surface area (TPSA) is 0 Å². The number of thioether (sulfide) groups is 1. The molecule has 0 unspecified atom stereocenters. The first-order chi connectivity index (χ1) is 5.77. The predicted octanol–water partition coefficient (Wildman–Crippen LogP) is 3.86. The molecule has 0 radical (unpaired) electrons. The Labute approximate surface area is 96.8 Å². The second-order valence-electron chi connectivity index (χ2n) is 4.96. The molecule has 1 aliphatic heterocycles. The van der Waals surface area contributed by atoms with E-state index in [1.54, 1.807) is 0 Å². The van der Waals surface area contributed by atoms with E-state index in [1.807, 2.05) is 11.8 Å². The molecule has 0 spiro atoms. The fraction of sp³-hybridized carbons (Fsp3) is 0.800. The highest BCUT2D eigenvalue weighted by atomic mass is 32.2. The number of hydrogen-bond acceptors (Lipinski definition) is 3. The molecule has 0 aromatic heterocycles. The summed E-state index contributed by atoms with van der Waals surface area (Å²) in [6.07, 6.45) is 0. The van der Waals surface area contributed by atoms with Crippen molar-refractivity contribution in [1.82, 2.24) is 0 Å². The maximum atomic E-state index is 4.61. The summed E-state index contributed by atoms with van der Waals surface area (Å²) in [5, 5.41) is 0. The second-order valence-corrected chi connectivity index (χ2v) is 6.84. The SMILES string of the molecule is CC1(C)CSCC(C)(C)C(S)=C1S. The van der Waals surface area contributed by atoms with Crippen molar-refractivity contribution in [3.63, 3.8) is 0 Å². The zero-order chi connectivity index (χ0) is 10.3. The van der Waals surface area contributed by atoms with E-state index in [0.29, 0.717) is 0 Å². The molecule has 1 heterocycles. The van der Waals surface area contributed by atoms with Gasteiger partial charge in [-0.1, -0.05) is 27.7 Å². The van der Waals surface area contributed by atoms with Crippen molar-refractivity contribution >= 4 is 37.0 Å². The number of allylic oxidation sites excluding steroid dienone is 2. The van der Waals surface area contributed by atoms with E-state index in [9.17, 15) is 0 Å². The predicted molar refractivity (Wildman–Crippen MR) is 69.9 cm³/mol. The lowest BCUT2D eigenvalue weighted by atomic mass is 9.88. The van der Waals surface area contributed by atoms with E-state index in [2.05, 4.69) is 53.0 Å². The van der Waals surface area contributed by atoms with Crippen LogP contribution in [0.2, 0.25) is 0 Å². The highest BCUT2D eigenvalue weighted by Gasteiger charge is 2.33. The summed E-state index contributed by atoms with van der Waals surface area (Å²) in [6.45, 7) is 8.94. The lowest BCUT2D eigenvalue weighted by Crippen LogP contribution is -2.17. The molecular weight excluding hydrogens is 216 g/mol. The van der Waals surface area contributed by atoms with Gasteiger partial charge in [-0.2, -0.15) is 11.8 Å². The van der Waals surface area contributed by atoms with Crippen LogP contribution >= 0.6 is 37.0 Å². The molecule has 1 aliphatic rings. The number of hydrogen-bond donors (Lipinski definition) is 2. The van der Waals surface area contributed by atoms with E-state index < -0.39 is 0 Å². The van der Waals surface area contributed by atoms with Crippen molar-refractivity contribution in [2.24, 2.45) is 10.8 Å². The van der Waals surface area contributed by atoms with Crippen LogP contribution in [-0.2, 0) is 0 Å². The Bertz CT molecular complexity index is 215. The van der Waals surface area contributed by atoms with Gasteiger partial charge >= 0.3 is 0 Å². The monoisotopic (exact) mass is 234 g/mol. The number of thiol groups is 2. The van der Waals surface area contributed by atoms with Gasteiger partial charge in [0.2, 0.25) is 0 Å². The van der Waals surface area contributed by atoms with Gasteiger partial charge in [0.1, 0.15) is 0 Å². The summed E-state index contributed by atoms with van der Waals surface area (Å²) in [7, 11) is 0. The molecule has 0 amide bonds. The molecule has 3 heteroatoms. The molecule has 0 N–H and O–H groups in total. The molecule has 0 aromatic carbocycles. The molecule has 0 aliphatic carbocycles. The van der Waals surface area contributed by atoms with E-state index in [4.69, 9.17) is 0 Å². The fourth-order valence-corrected chi connectivity index (χ4v) is 3.73. The summed E-state index contributed by atoms with van der Waals surface area (Å²) in [6, 6.07) is 0. The Morgan fingerprint density at radius 1 is 0.923 bits per heavy atom. The van der Waals surface area contributed by atoms with Crippen LogP contribution in [0.1, 0.15) is 27.7 Å². The minimum absolute atomic E-state index is 0.179. The van der Waals surface area contributed by atoms with Crippen LogP contribution in [0.3, 0.4) is 0 Å². The van der Waals surface area contributed by atoms with Crippen molar-refractivity contribution in [3.8, 4) is 0 Å². The Hall–Kier alpha value is 0.790. The Morgan fingerprint density at radius 2 is 1.23 bits per heavy atom. The van der Waals surface area contributed by atoms with Crippen molar-refractivity contribution in [3.05, 3.63) is 9.81 Å². The molecule has 13 heavy (non-hydrogen) atoms. The molecular formula is C10H18S3. The van der Waals surface area contributed by atoms with E-state index in [0.717, 1.165) is 21.3 Å². The average molecular weight is 234 g/mol. The van der Waals surface area contributed by atoms with Gasteiger partial charge in [0.15, 0.2) is 0 Å². The third-order valence-corrected chi connectivity index (χ3v) is 6.12. The summed E-state index contributed by atoms with van der Waals surface area (Å²) in [5.74, 6) is 2.28. The summed E-state index contributed by atoms with van der Waals surface area (Å²) in [5.41, 5.74) is 0.358. The van der Waals surface area contributed by atoms with Gasteiger partial charge in [-0.05, 0) is 9.81 Å². The minimum Gasteiger partial charge on any atom is -0.160 e. The molecule has 0 saturated heterocycles. The van der Waals surface area contributed by atoms with Crippen LogP contribution < -0.4 is 0 Å². The largest absolute Gasteiger partial charge is 0.160 e. The van der Waals surface area contributed by atoms with E-state index in [-0.39, 0.29) is 10.8 Å². The molecule has 0 fully saturated rings. The Balaban J connectivity index is 3.12. The van der Waals surface area contributed by atoms with E-state index in [1.165, 1.54) is 0 Å². The molecule has 0 atom stereocenters. The zero-order valence-electron chi connectivity index (χ0n) is 8.72. The second kappa shape index (κ2) is 3.74. The van der Waals surface area contributed by atoms with Crippen molar-refractivity contribution in [2.45, 2.75) is 27.7 Å². The van der Waals surface area contributed by atoms with Crippen LogP contribution in [0.5, 0.6) is 0 Å². The van der Waals surface area contributed by atoms with Gasteiger partial charge in [-0.25, -0.2) is 0 Å². The van der Waals surface area contributed by atoms with Crippen molar-refractivity contribution in [1.29, 1.82) is 0 Å². The standard InChI is InChI=1S/C10H18S3/c1-9(2)5-13-6-10(3,4)8(12)7(9)11/h11-12H,5-6H2,1-4H3. The first kappa shape index (κ1) is 11.9. The highest BCUT2D eigenvalue weighted by Crippen LogP contribution is 2.47. The van der Waals surface area contributed by atoms with Gasteiger partial charge in [0.05, 0.1) is 0 Å². The first-order valence-electron chi connectivity index (χ1n) is 4.48. The first-order valence-corrected chi connectivity index (χ1v) is 6.53. The molecule has 0 nitrogen and oxygen atoms in total. The smallest absolute Gasteiger partial charge is 0.00522 e. The maximum absolute atomic E-state index is 4.61. The normalized spacial score (nSPS) is 27.2. The van der Waals surface area contributed by atoms with Gasteiger partial charge < -0.3 is 0 Å². The molecule has 76 valence electrons. The van der Waals surface area contributed by atoms with Crippen molar-refractivity contribution in [2.75, 3.05) is 11.5 Å². The third kappa shape index (κ3) is 2.42. The van der Waals surface area contributed by atoms with Crippen LogP contribution in [0.4, 0.5) is 0 Å². The Morgan fingerprint density at radius 3 is 1.54 bits per heavy atom. The number of rotatable bonds is 0. The van der Waals surface area contributed by atoms with Crippen LogP contribution in [0.25, 0.3) is 0 Å². The summed E-state index contributed by atoms with van der Waals surface area (Å²) >= 11 is 11.2. The van der Waals surface area contributed by atoms with Gasteiger partial charge in [0, 0.05) is 22.3 Å². The average Bonchev–Trinajstić information content (AvgIpc) is 2.04. The van der Waals surface area contributed by atoms with Crippen LogP contribution in [-0.4, -0.2) is 11.5 Å². The van der Waals surface area contributed by atoms with Crippen LogP contribution in [0, 0.1) is 10.8 Å². The summed E-state index contributed by atoms with van der Waals surface area (Å²) < 4.78 is 0. The van der Waals surface area contributed by atoms with Gasteiger partial charge in [0.25, 0.3) is 0 Å².